The molecule has 0 bridgehead atoms. The maximum absolute atomic E-state index is 13.5. The number of nitrogens with one attached hydrogen (secondary N) is 3. The highest BCUT2D eigenvalue weighted by molar-refractivity contribution is 6.34. The molecule has 210 valence electrons. The van der Waals surface area contributed by atoms with E-state index in [9.17, 15) is 14.4 Å². The molecule has 0 fully saturated rings. The second kappa shape index (κ2) is 10.7. The summed E-state index contributed by atoms with van der Waals surface area (Å²) in [4.78, 5) is 39.4. The van der Waals surface area contributed by atoms with E-state index < -0.39 is 17.9 Å². The number of nitrogens with zero attached hydrogens (tertiary/aromatic N) is 2. The molecule has 1 atom stereocenters. The molecule has 0 spiro atoms. The fraction of sp³-hybridized carbons (Fsp3) is 0.310. The number of aromatic nitrogens is 2. The standard InChI is InChI=1S/C29H30BN5O6/c1-29(2)12-20-23(21(36)13-29)24(16-10-19(30)25(41-5)22(11-16)40-4)35-26(32-20)18(14-31-35)28(38)34-33-27(37)15-6-8-17(39-3)9-7-15/h6-11,14,24,32H,12-13H2,1-5H3,(H,33,37)(H,34,38). The number of fused-ring (bicyclic) bond motifs is 1. The van der Waals surface area contributed by atoms with Crippen molar-refractivity contribution in [1.82, 2.24) is 20.6 Å². The number of hydrogen-bond donors (Lipinski definition) is 3. The molecule has 2 heterocycles. The van der Waals surface area contributed by atoms with Crippen LogP contribution in [0, 0.1) is 5.41 Å². The van der Waals surface area contributed by atoms with Gasteiger partial charge in [-0.2, -0.15) is 5.10 Å². The summed E-state index contributed by atoms with van der Waals surface area (Å²) in [5.41, 5.74) is 7.34. The van der Waals surface area contributed by atoms with Gasteiger partial charge in [0, 0.05) is 23.3 Å². The molecule has 41 heavy (non-hydrogen) atoms. The number of rotatable bonds is 6. The van der Waals surface area contributed by atoms with Gasteiger partial charge in [-0.25, -0.2) is 4.68 Å². The Kier molecular flexibility index (Phi) is 7.25. The lowest BCUT2D eigenvalue weighted by Gasteiger charge is -2.39. The van der Waals surface area contributed by atoms with Crippen molar-refractivity contribution in [2.75, 3.05) is 26.6 Å². The number of ether oxygens (including phenoxy) is 3. The Labute approximate surface area is 238 Å². The van der Waals surface area contributed by atoms with Crippen molar-refractivity contribution >= 4 is 36.7 Å². The first kappa shape index (κ1) is 27.8. The number of hydrazine groups is 1. The molecule has 1 aliphatic carbocycles. The minimum atomic E-state index is -0.678. The van der Waals surface area contributed by atoms with Crippen molar-refractivity contribution < 1.29 is 28.6 Å². The topological polar surface area (TPSA) is 133 Å². The van der Waals surface area contributed by atoms with Crippen LogP contribution in [0.1, 0.15) is 59.0 Å². The van der Waals surface area contributed by atoms with E-state index in [-0.39, 0.29) is 16.8 Å². The Morgan fingerprint density at radius 1 is 1.02 bits per heavy atom. The fourth-order valence-corrected chi connectivity index (χ4v) is 5.35. The normalized spacial score (nSPS) is 17.1. The van der Waals surface area contributed by atoms with Gasteiger partial charge in [0.15, 0.2) is 17.3 Å². The minimum Gasteiger partial charge on any atom is -0.497 e. The van der Waals surface area contributed by atoms with Gasteiger partial charge in [-0.15, -0.1) is 0 Å². The Bertz CT molecular complexity index is 1580. The van der Waals surface area contributed by atoms with Gasteiger partial charge in [0.2, 0.25) is 0 Å². The van der Waals surface area contributed by atoms with Crippen LogP contribution in [0.25, 0.3) is 0 Å². The number of hydrogen-bond acceptors (Lipinski definition) is 8. The monoisotopic (exact) mass is 555 g/mol. The van der Waals surface area contributed by atoms with E-state index in [1.807, 2.05) is 13.8 Å². The van der Waals surface area contributed by atoms with Crippen LogP contribution >= 0.6 is 0 Å². The number of carbonyl (C=O) groups excluding carboxylic acids is 3. The van der Waals surface area contributed by atoms with Gasteiger partial charge in [0.25, 0.3) is 11.8 Å². The lowest BCUT2D eigenvalue weighted by molar-refractivity contribution is -0.118. The smallest absolute Gasteiger partial charge is 0.275 e. The number of ketones is 1. The number of allylic oxidation sites excluding steroid dienone is 2. The summed E-state index contributed by atoms with van der Waals surface area (Å²) < 4.78 is 17.6. The molecule has 0 saturated heterocycles. The van der Waals surface area contributed by atoms with Crippen LogP contribution in [0.4, 0.5) is 5.82 Å². The molecule has 2 radical (unpaired) electrons. The summed E-state index contributed by atoms with van der Waals surface area (Å²) in [6.07, 6.45) is 2.32. The van der Waals surface area contributed by atoms with Crippen molar-refractivity contribution in [2.24, 2.45) is 5.41 Å². The van der Waals surface area contributed by atoms with Crippen molar-refractivity contribution in [2.45, 2.75) is 32.7 Å². The van der Waals surface area contributed by atoms with Gasteiger partial charge in [-0.1, -0.05) is 25.4 Å². The highest BCUT2D eigenvalue weighted by atomic mass is 16.5. The van der Waals surface area contributed by atoms with Crippen LogP contribution < -0.4 is 35.8 Å². The number of carbonyl (C=O) groups is 3. The van der Waals surface area contributed by atoms with Crippen LogP contribution in [0.2, 0.25) is 0 Å². The molecular weight excluding hydrogens is 525 g/mol. The Morgan fingerprint density at radius 3 is 2.39 bits per heavy atom. The third-order valence-electron chi connectivity index (χ3n) is 7.23. The maximum Gasteiger partial charge on any atom is 0.275 e. The predicted molar refractivity (Wildman–Crippen MR) is 152 cm³/mol. The van der Waals surface area contributed by atoms with Gasteiger partial charge in [0.05, 0.1) is 27.5 Å². The van der Waals surface area contributed by atoms with E-state index >= 15 is 0 Å². The summed E-state index contributed by atoms with van der Waals surface area (Å²) in [5, 5.41) is 7.79. The summed E-state index contributed by atoms with van der Waals surface area (Å²) in [7, 11) is 10.8. The van der Waals surface area contributed by atoms with Gasteiger partial charge in [-0.3, -0.25) is 25.2 Å². The molecular formula is C29H30BN5O6. The van der Waals surface area contributed by atoms with E-state index in [0.717, 1.165) is 0 Å². The molecule has 1 aromatic heterocycles. The molecule has 2 aliphatic rings. The van der Waals surface area contributed by atoms with Crippen LogP contribution in [0.15, 0.2) is 53.9 Å². The molecule has 1 aliphatic heterocycles. The zero-order valence-corrected chi connectivity index (χ0v) is 23.5. The predicted octanol–water partition coefficient (Wildman–Crippen LogP) is 2.44. The quantitative estimate of drug-likeness (QED) is 0.312. The van der Waals surface area contributed by atoms with Gasteiger partial charge < -0.3 is 19.5 Å². The highest BCUT2D eigenvalue weighted by Crippen LogP contribution is 2.47. The average molecular weight is 555 g/mol. The second-order valence-electron chi connectivity index (χ2n) is 10.7. The number of amides is 2. The first-order chi connectivity index (χ1) is 19.6. The molecule has 3 aromatic rings. The summed E-state index contributed by atoms with van der Waals surface area (Å²) in [6, 6.07) is 9.25. The summed E-state index contributed by atoms with van der Waals surface area (Å²) >= 11 is 0. The number of benzene rings is 2. The number of methoxy groups -OCH3 is 3. The lowest BCUT2D eigenvalue weighted by Crippen LogP contribution is -2.42. The van der Waals surface area contributed by atoms with Crippen LogP contribution in [-0.4, -0.2) is 56.6 Å². The Hall–Kier alpha value is -4.74. The van der Waals surface area contributed by atoms with Crippen molar-refractivity contribution in [3.05, 3.63) is 70.6 Å². The maximum atomic E-state index is 13.5. The van der Waals surface area contributed by atoms with E-state index in [0.29, 0.717) is 63.8 Å². The van der Waals surface area contributed by atoms with E-state index in [2.05, 4.69) is 21.3 Å². The van der Waals surface area contributed by atoms with E-state index in [4.69, 9.17) is 22.1 Å². The molecule has 2 amide bonds. The fourth-order valence-electron chi connectivity index (χ4n) is 5.35. The summed E-state index contributed by atoms with van der Waals surface area (Å²) in [6.45, 7) is 4.04. The first-order valence-electron chi connectivity index (χ1n) is 12.9. The summed E-state index contributed by atoms with van der Waals surface area (Å²) in [5.74, 6) is 0.648. The molecule has 5 rings (SSSR count). The van der Waals surface area contributed by atoms with Crippen molar-refractivity contribution in [1.29, 1.82) is 0 Å². The van der Waals surface area contributed by atoms with E-state index in [1.165, 1.54) is 27.5 Å². The van der Waals surface area contributed by atoms with Crippen LogP contribution in [0.3, 0.4) is 0 Å². The van der Waals surface area contributed by atoms with Crippen molar-refractivity contribution in [3.63, 3.8) is 0 Å². The van der Waals surface area contributed by atoms with Crippen molar-refractivity contribution in [3.8, 4) is 17.2 Å². The third-order valence-corrected chi connectivity index (χ3v) is 7.23. The molecule has 3 N–H and O–H groups in total. The minimum absolute atomic E-state index is 0.0268. The average Bonchev–Trinajstić information content (AvgIpc) is 3.37. The largest absolute Gasteiger partial charge is 0.497 e. The Balaban J connectivity index is 1.51. The SMILES string of the molecule is [B]c1cc(C2C3=C(CC(C)(C)CC3=O)Nc3c(C(=O)NNC(=O)c4ccc(OC)cc4)cnn32)cc(OC)c1OC. The molecule has 12 heteroatoms. The Morgan fingerprint density at radius 2 is 1.73 bits per heavy atom. The number of Topliss-reactive ketones (excluding diaryl/α,β-unsaturated/α-hetero) is 1. The van der Waals surface area contributed by atoms with Gasteiger partial charge >= 0.3 is 0 Å². The molecule has 0 saturated carbocycles. The zero-order valence-electron chi connectivity index (χ0n) is 23.5. The molecule has 11 nitrogen and oxygen atoms in total. The number of anilines is 1. The lowest BCUT2D eigenvalue weighted by atomic mass is 9.72. The highest BCUT2D eigenvalue weighted by Gasteiger charge is 2.42. The molecule has 1 unspecified atom stereocenters. The van der Waals surface area contributed by atoms with Gasteiger partial charge in [-0.05, 0) is 47.7 Å². The molecule has 2 aromatic carbocycles. The first-order valence-corrected chi connectivity index (χ1v) is 12.9. The van der Waals surface area contributed by atoms with Gasteiger partial charge in [0.1, 0.15) is 31.0 Å². The van der Waals surface area contributed by atoms with E-state index in [1.54, 1.807) is 41.1 Å². The second-order valence-corrected chi connectivity index (χ2v) is 10.7. The van der Waals surface area contributed by atoms with Crippen LogP contribution in [-0.2, 0) is 4.79 Å². The third kappa shape index (κ3) is 5.12. The van der Waals surface area contributed by atoms with Crippen LogP contribution in [0.5, 0.6) is 17.2 Å². The zero-order chi connectivity index (χ0) is 29.5.